The highest BCUT2D eigenvalue weighted by Gasteiger charge is 2.45. The number of guanidine groups is 1. The molecule has 2 N–H and O–H groups in total. The first-order valence-corrected chi connectivity index (χ1v) is 12.1. The molecule has 0 aromatic heterocycles. The maximum Gasteiger partial charge on any atom is 0.410 e. The molecule has 3 aliphatic rings. The van der Waals surface area contributed by atoms with Crippen LogP contribution < -0.4 is 10.6 Å². The Balaban J connectivity index is 0.00000363. The van der Waals surface area contributed by atoms with Crippen molar-refractivity contribution in [1.29, 1.82) is 0 Å². The zero-order valence-electron chi connectivity index (χ0n) is 20.7. The second-order valence-corrected chi connectivity index (χ2v) is 10.3. The lowest BCUT2D eigenvalue weighted by atomic mass is 9.98. The molecule has 1 amide bonds. The summed E-state index contributed by atoms with van der Waals surface area (Å²) in [5.41, 5.74) is -0.453. The van der Waals surface area contributed by atoms with Crippen LogP contribution in [0.1, 0.15) is 67.2 Å². The van der Waals surface area contributed by atoms with Crippen molar-refractivity contribution in [3.8, 4) is 0 Å². The van der Waals surface area contributed by atoms with E-state index in [1.165, 1.54) is 0 Å². The van der Waals surface area contributed by atoms with E-state index in [2.05, 4.69) is 36.3 Å². The zero-order chi connectivity index (χ0) is 22.6. The summed E-state index contributed by atoms with van der Waals surface area (Å²) in [6, 6.07) is 1.64. The standard InChI is InChI=1S/C23H43N5O3.HI/c1-7-24-21(25-14-16(2)27-10-11-30-15-17(27)3)26-18-12-19-8-9-20(13-18)28(19)22(29)31-23(4,5)6;/h16-20H,7-15H2,1-6H3,(H2,24,25,26);1H. The summed E-state index contributed by atoms with van der Waals surface area (Å²) in [4.78, 5) is 22.1. The number of carbonyl (C=O) groups excluding carboxylic acids is 1. The number of hydrogen-bond donors (Lipinski definition) is 2. The van der Waals surface area contributed by atoms with Crippen LogP contribution >= 0.6 is 24.0 Å². The molecule has 8 nitrogen and oxygen atoms in total. The molecule has 3 aliphatic heterocycles. The minimum atomic E-state index is -0.453. The second kappa shape index (κ2) is 12.1. The molecule has 3 rings (SSSR count). The topological polar surface area (TPSA) is 78.4 Å². The highest BCUT2D eigenvalue weighted by atomic mass is 127. The van der Waals surface area contributed by atoms with Crippen LogP contribution in [-0.4, -0.2) is 90.5 Å². The van der Waals surface area contributed by atoms with Gasteiger partial charge in [-0.25, -0.2) is 4.79 Å². The average molecular weight is 566 g/mol. The predicted octanol–water partition coefficient (Wildman–Crippen LogP) is 3.20. The van der Waals surface area contributed by atoms with Crippen LogP contribution in [0.4, 0.5) is 4.79 Å². The summed E-state index contributed by atoms with van der Waals surface area (Å²) in [7, 11) is 0. The summed E-state index contributed by atoms with van der Waals surface area (Å²) < 4.78 is 11.2. The summed E-state index contributed by atoms with van der Waals surface area (Å²) in [5.74, 6) is 0.880. The number of nitrogens with one attached hydrogen (secondary N) is 2. The van der Waals surface area contributed by atoms with Gasteiger partial charge in [0.15, 0.2) is 5.96 Å². The third-order valence-corrected chi connectivity index (χ3v) is 6.52. The monoisotopic (exact) mass is 565 g/mol. The van der Waals surface area contributed by atoms with Crippen molar-refractivity contribution in [2.75, 3.05) is 32.8 Å². The quantitative estimate of drug-likeness (QED) is 0.303. The normalized spacial score (nSPS) is 29.8. The van der Waals surface area contributed by atoms with Crippen molar-refractivity contribution in [3.05, 3.63) is 0 Å². The number of piperidine rings is 1. The van der Waals surface area contributed by atoms with Crippen molar-refractivity contribution in [2.45, 2.75) is 103 Å². The first kappa shape index (κ1) is 27.4. The Morgan fingerprint density at radius 1 is 1.25 bits per heavy atom. The van der Waals surface area contributed by atoms with E-state index in [1.807, 2.05) is 25.7 Å². The fourth-order valence-electron chi connectivity index (χ4n) is 5.14. The van der Waals surface area contributed by atoms with E-state index < -0.39 is 5.60 Å². The molecule has 32 heavy (non-hydrogen) atoms. The number of amides is 1. The van der Waals surface area contributed by atoms with Crippen LogP contribution in [0.5, 0.6) is 0 Å². The predicted molar refractivity (Wildman–Crippen MR) is 139 cm³/mol. The summed E-state index contributed by atoms with van der Waals surface area (Å²) in [6.45, 7) is 16.5. The average Bonchev–Trinajstić information content (AvgIpc) is 2.96. The van der Waals surface area contributed by atoms with Crippen LogP contribution in [0.3, 0.4) is 0 Å². The molecule has 4 unspecified atom stereocenters. The molecular weight excluding hydrogens is 521 g/mol. The largest absolute Gasteiger partial charge is 0.444 e. The molecular formula is C23H44IN5O3. The van der Waals surface area contributed by atoms with E-state index in [0.29, 0.717) is 18.1 Å². The van der Waals surface area contributed by atoms with Gasteiger partial charge in [-0.05, 0) is 67.2 Å². The first-order chi connectivity index (χ1) is 14.7. The lowest BCUT2D eigenvalue weighted by Gasteiger charge is -2.40. The number of fused-ring (bicyclic) bond motifs is 2. The van der Waals surface area contributed by atoms with Gasteiger partial charge in [-0.15, -0.1) is 24.0 Å². The third-order valence-electron chi connectivity index (χ3n) is 6.52. The lowest BCUT2D eigenvalue weighted by molar-refractivity contribution is -0.0166. The number of aliphatic imine (C=N–C) groups is 1. The van der Waals surface area contributed by atoms with E-state index in [-0.39, 0.29) is 42.2 Å². The van der Waals surface area contributed by atoms with Crippen molar-refractivity contribution >= 4 is 36.0 Å². The summed E-state index contributed by atoms with van der Waals surface area (Å²) >= 11 is 0. The van der Waals surface area contributed by atoms with E-state index >= 15 is 0 Å². The Morgan fingerprint density at radius 2 is 1.91 bits per heavy atom. The molecule has 0 aromatic rings. The SMILES string of the molecule is CCNC(=NCC(C)N1CCOCC1C)NC1CC2CCC(C1)N2C(=O)OC(C)(C)C.I. The van der Waals surface area contributed by atoms with Gasteiger partial charge in [-0.1, -0.05) is 0 Å². The number of rotatable bonds is 5. The van der Waals surface area contributed by atoms with Gasteiger partial charge in [0, 0.05) is 43.3 Å². The van der Waals surface area contributed by atoms with Crippen molar-refractivity contribution in [1.82, 2.24) is 20.4 Å². The van der Waals surface area contributed by atoms with Crippen LogP contribution in [0.2, 0.25) is 0 Å². The van der Waals surface area contributed by atoms with Gasteiger partial charge in [-0.2, -0.15) is 0 Å². The minimum Gasteiger partial charge on any atom is -0.444 e. The van der Waals surface area contributed by atoms with Gasteiger partial charge in [0.25, 0.3) is 0 Å². The summed E-state index contributed by atoms with van der Waals surface area (Å²) in [5, 5.41) is 7.06. The van der Waals surface area contributed by atoms with Gasteiger partial charge < -0.3 is 25.0 Å². The molecule has 2 bridgehead atoms. The fraction of sp³-hybridized carbons (Fsp3) is 0.913. The van der Waals surface area contributed by atoms with Gasteiger partial charge >= 0.3 is 6.09 Å². The van der Waals surface area contributed by atoms with Gasteiger partial charge in [-0.3, -0.25) is 9.89 Å². The number of halogens is 1. The van der Waals surface area contributed by atoms with Crippen molar-refractivity contribution < 1.29 is 14.3 Å². The Bertz CT molecular complexity index is 628. The Kier molecular flexibility index (Phi) is 10.3. The molecule has 4 atom stereocenters. The van der Waals surface area contributed by atoms with E-state index in [4.69, 9.17) is 14.5 Å². The number of carbonyl (C=O) groups is 1. The van der Waals surface area contributed by atoms with Crippen LogP contribution in [-0.2, 0) is 9.47 Å². The Hall–Kier alpha value is -0.810. The smallest absolute Gasteiger partial charge is 0.410 e. The Morgan fingerprint density at radius 3 is 2.47 bits per heavy atom. The van der Waals surface area contributed by atoms with Gasteiger partial charge in [0.05, 0.1) is 19.8 Å². The molecule has 0 radical (unpaired) electrons. The molecule has 3 fully saturated rings. The fourth-order valence-corrected chi connectivity index (χ4v) is 5.14. The number of hydrogen-bond acceptors (Lipinski definition) is 5. The second-order valence-electron chi connectivity index (χ2n) is 10.3. The van der Waals surface area contributed by atoms with Crippen molar-refractivity contribution in [3.63, 3.8) is 0 Å². The maximum atomic E-state index is 12.7. The maximum absolute atomic E-state index is 12.7. The highest BCUT2D eigenvalue weighted by Crippen LogP contribution is 2.36. The Labute approximate surface area is 211 Å². The molecule has 0 spiro atoms. The van der Waals surface area contributed by atoms with Crippen LogP contribution in [0.25, 0.3) is 0 Å². The minimum absolute atomic E-state index is 0. The molecule has 3 heterocycles. The lowest BCUT2D eigenvalue weighted by Crippen LogP contribution is -2.55. The zero-order valence-corrected chi connectivity index (χ0v) is 23.1. The van der Waals surface area contributed by atoms with Gasteiger partial charge in [0.2, 0.25) is 0 Å². The van der Waals surface area contributed by atoms with Crippen LogP contribution in [0, 0.1) is 0 Å². The number of nitrogens with zero attached hydrogens (tertiary/aromatic N) is 3. The molecule has 0 aromatic carbocycles. The number of morpholine rings is 1. The summed E-state index contributed by atoms with van der Waals surface area (Å²) in [6.07, 6.45) is 3.84. The molecule has 9 heteroatoms. The molecule has 0 aliphatic carbocycles. The van der Waals surface area contributed by atoms with Crippen molar-refractivity contribution in [2.24, 2.45) is 4.99 Å². The van der Waals surface area contributed by atoms with Crippen LogP contribution in [0.15, 0.2) is 4.99 Å². The van der Waals surface area contributed by atoms with E-state index in [0.717, 1.165) is 64.5 Å². The van der Waals surface area contributed by atoms with E-state index in [9.17, 15) is 4.79 Å². The molecule has 186 valence electrons. The first-order valence-electron chi connectivity index (χ1n) is 12.1. The van der Waals surface area contributed by atoms with Gasteiger partial charge in [0.1, 0.15) is 5.60 Å². The molecule has 0 saturated carbocycles. The third kappa shape index (κ3) is 7.35. The number of ether oxygens (including phenoxy) is 2. The molecule has 3 saturated heterocycles. The highest BCUT2D eigenvalue weighted by molar-refractivity contribution is 14.0. The van der Waals surface area contributed by atoms with E-state index in [1.54, 1.807) is 0 Å².